The van der Waals surface area contributed by atoms with Crippen LogP contribution in [0.4, 0.5) is 0 Å². The summed E-state index contributed by atoms with van der Waals surface area (Å²) < 4.78 is 9.37. The lowest BCUT2D eigenvalue weighted by Gasteiger charge is -2.07. The van der Waals surface area contributed by atoms with Crippen molar-refractivity contribution in [2.45, 2.75) is 4.33 Å². The third kappa shape index (κ3) is 4.52. The van der Waals surface area contributed by atoms with Gasteiger partial charge in [0.25, 0.3) is 0 Å². The van der Waals surface area contributed by atoms with E-state index in [2.05, 4.69) is 0 Å². The Hall–Kier alpha value is -1.46. The zero-order chi connectivity index (χ0) is 19.6. The molecule has 1 aliphatic rings. The normalized spacial score (nSPS) is 20.0. The van der Waals surface area contributed by atoms with Crippen molar-refractivity contribution in [3.63, 3.8) is 0 Å². The standard InChI is InChI=1S/C19H14Cl4O4/c20-15-7-3-1-5-11(15)17(24)26-9-13-14(19(13,22)23)10-27-18(25)12-6-2-4-8-16(12)21/h1-8,13-14H,9-10H2. The van der Waals surface area contributed by atoms with Crippen LogP contribution in [0.5, 0.6) is 0 Å². The molecule has 0 heterocycles. The topological polar surface area (TPSA) is 52.6 Å². The summed E-state index contributed by atoms with van der Waals surface area (Å²) in [5.41, 5.74) is 0.521. The minimum Gasteiger partial charge on any atom is -0.462 e. The van der Waals surface area contributed by atoms with Crippen LogP contribution in [-0.2, 0) is 9.47 Å². The van der Waals surface area contributed by atoms with Crippen molar-refractivity contribution in [3.05, 3.63) is 69.7 Å². The summed E-state index contributed by atoms with van der Waals surface area (Å²) in [6, 6.07) is 13.1. The van der Waals surface area contributed by atoms with E-state index < -0.39 is 16.3 Å². The number of hydrogen-bond donors (Lipinski definition) is 0. The van der Waals surface area contributed by atoms with Gasteiger partial charge < -0.3 is 9.47 Å². The zero-order valence-electron chi connectivity index (χ0n) is 13.8. The summed E-state index contributed by atoms with van der Waals surface area (Å²) in [6.45, 7) is -0.0171. The number of benzene rings is 2. The quantitative estimate of drug-likeness (QED) is 0.437. The minimum atomic E-state index is -1.14. The molecule has 2 atom stereocenters. The Bertz CT molecular complexity index is 799. The van der Waals surface area contributed by atoms with Gasteiger partial charge in [-0.05, 0) is 24.3 Å². The van der Waals surface area contributed by atoms with E-state index in [1.165, 1.54) is 0 Å². The van der Waals surface area contributed by atoms with Crippen LogP contribution in [0.15, 0.2) is 48.5 Å². The number of rotatable bonds is 6. The second-order valence-electron chi connectivity index (χ2n) is 6.04. The number of hydrogen-bond acceptors (Lipinski definition) is 4. The smallest absolute Gasteiger partial charge is 0.339 e. The van der Waals surface area contributed by atoms with E-state index in [1.807, 2.05) is 0 Å². The fourth-order valence-electron chi connectivity index (χ4n) is 2.66. The number of alkyl halides is 2. The number of carbonyl (C=O) groups excluding carboxylic acids is 2. The molecule has 0 amide bonds. The lowest BCUT2D eigenvalue weighted by molar-refractivity contribution is 0.0419. The average molecular weight is 448 g/mol. The summed E-state index contributed by atoms with van der Waals surface area (Å²) in [5.74, 6) is -1.84. The molecule has 8 heteroatoms. The third-order valence-electron chi connectivity index (χ3n) is 4.34. The van der Waals surface area contributed by atoms with E-state index in [4.69, 9.17) is 55.9 Å². The molecule has 142 valence electrons. The number of esters is 2. The largest absolute Gasteiger partial charge is 0.462 e. The van der Waals surface area contributed by atoms with Crippen molar-refractivity contribution < 1.29 is 19.1 Å². The summed E-state index contributed by atoms with van der Waals surface area (Å²) >= 11 is 24.4. The first kappa shape index (κ1) is 20.3. The molecular weight excluding hydrogens is 434 g/mol. The number of halogens is 4. The molecule has 0 aromatic heterocycles. The van der Waals surface area contributed by atoms with Gasteiger partial charge in [0.2, 0.25) is 0 Å². The molecule has 2 unspecified atom stereocenters. The highest BCUT2D eigenvalue weighted by Gasteiger charge is 2.64. The Morgan fingerprint density at radius 3 is 1.52 bits per heavy atom. The lowest BCUT2D eigenvalue weighted by Crippen LogP contribution is -2.12. The molecule has 0 bridgehead atoms. The second-order valence-corrected chi connectivity index (χ2v) is 8.30. The van der Waals surface area contributed by atoms with E-state index >= 15 is 0 Å². The molecule has 0 saturated heterocycles. The lowest BCUT2D eigenvalue weighted by atomic mass is 10.2. The van der Waals surface area contributed by atoms with Crippen molar-refractivity contribution in [2.24, 2.45) is 11.8 Å². The zero-order valence-corrected chi connectivity index (χ0v) is 16.9. The van der Waals surface area contributed by atoms with Gasteiger partial charge in [0.1, 0.15) is 4.33 Å². The van der Waals surface area contributed by atoms with Crippen molar-refractivity contribution in [3.8, 4) is 0 Å². The third-order valence-corrected chi connectivity index (χ3v) is 6.12. The van der Waals surface area contributed by atoms with Crippen LogP contribution < -0.4 is 0 Å². The molecule has 4 nitrogen and oxygen atoms in total. The molecule has 1 aliphatic carbocycles. The summed E-state index contributed by atoms with van der Waals surface area (Å²) in [7, 11) is 0. The molecule has 27 heavy (non-hydrogen) atoms. The second kappa shape index (κ2) is 8.27. The fraction of sp³-hybridized carbons (Fsp3) is 0.263. The van der Waals surface area contributed by atoms with Crippen LogP contribution in [0.2, 0.25) is 10.0 Å². The minimum absolute atomic E-state index is 0.00856. The molecule has 0 N–H and O–H groups in total. The monoisotopic (exact) mass is 446 g/mol. The van der Waals surface area contributed by atoms with Crippen LogP contribution >= 0.6 is 46.4 Å². The highest BCUT2D eigenvalue weighted by molar-refractivity contribution is 6.51. The van der Waals surface area contributed by atoms with Crippen LogP contribution in [0.25, 0.3) is 0 Å². The first-order valence-electron chi connectivity index (χ1n) is 8.03. The van der Waals surface area contributed by atoms with Gasteiger partial charge in [-0.1, -0.05) is 47.5 Å². The molecule has 2 aromatic carbocycles. The molecule has 0 radical (unpaired) electrons. The van der Waals surface area contributed by atoms with Gasteiger partial charge in [0.05, 0.1) is 34.4 Å². The maximum atomic E-state index is 12.1. The maximum Gasteiger partial charge on any atom is 0.339 e. The average Bonchev–Trinajstić information content (AvgIpc) is 3.17. The predicted molar refractivity (Wildman–Crippen MR) is 105 cm³/mol. The number of carbonyl (C=O) groups is 2. The van der Waals surface area contributed by atoms with Crippen molar-refractivity contribution in [1.29, 1.82) is 0 Å². The molecule has 0 spiro atoms. The summed E-state index contributed by atoms with van der Waals surface area (Å²) in [4.78, 5) is 24.2. The first-order valence-corrected chi connectivity index (χ1v) is 9.54. The van der Waals surface area contributed by atoms with E-state index in [9.17, 15) is 9.59 Å². The maximum absolute atomic E-state index is 12.1. The van der Waals surface area contributed by atoms with Gasteiger partial charge in [-0.2, -0.15) is 0 Å². The Morgan fingerprint density at radius 1 is 0.778 bits per heavy atom. The molecule has 1 saturated carbocycles. The van der Waals surface area contributed by atoms with Crippen molar-refractivity contribution in [2.75, 3.05) is 13.2 Å². The highest BCUT2D eigenvalue weighted by Crippen LogP contribution is 2.59. The van der Waals surface area contributed by atoms with Crippen LogP contribution in [0, 0.1) is 11.8 Å². The Labute approximate surface area is 176 Å². The van der Waals surface area contributed by atoms with Crippen molar-refractivity contribution >= 4 is 58.3 Å². The van der Waals surface area contributed by atoms with Gasteiger partial charge in [-0.25, -0.2) is 9.59 Å². The molecule has 1 fully saturated rings. The van der Waals surface area contributed by atoms with E-state index in [0.717, 1.165) is 0 Å². The van der Waals surface area contributed by atoms with Crippen LogP contribution in [0.3, 0.4) is 0 Å². The Kier molecular flexibility index (Phi) is 6.21. The summed E-state index contributed by atoms with van der Waals surface area (Å²) in [6.07, 6.45) is 0. The van der Waals surface area contributed by atoms with Gasteiger partial charge in [-0.15, -0.1) is 23.2 Å². The van der Waals surface area contributed by atoms with Gasteiger partial charge in [0, 0.05) is 11.8 Å². The summed E-state index contributed by atoms with van der Waals surface area (Å²) in [5, 5.41) is 0.595. The molecule has 2 aromatic rings. The molecule has 3 rings (SSSR count). The van der Waals surface area contributed by atoms with Gasteiger partial charge in [-0.3, -0.25) is 0 Å². The van der Waals surface area contributed by atoms with Crippen LogP contribution in [-0.4, -0.2) is 29.5 Å². The van der Waals surface area contributed by atoms with Crippen molar-refractivity contribution in [1.82, 2.24) is 0 Å². The van der Waals surface area contributed by atoms with E-state index in [0.29, 0.717) is 10.0 Å². The highest BCUT2D eigenvalue weighted by atomic mass is 35.5. The van der Waals surface area contributed by atoms with E-state index in [1.54, 1.807) is 48.5 Å². The van der Waals surface area contributed by atoms with E-state index in [-0.39, 0.29) is 36.2 Å². The first-order chi connectivity index (χ1) is 12.8. The van der Waals surface area contributed by atoms with Crippen LogP contribution in [0.1, 0.15) is 20.7 Å². The Morgan fingerprint density at radius 2 is 1.15 bits per heavy atom. The predicted octanol–water partition coefficient (Wildman–Crippen LogP) is 5.43. The SMILES string of the molecule is O=C(OCC1C(COC(=O)c2ccccc2Cl)C1(Cl)Cl)c1ccccc1Cl. The molecular formula is C19H14Cl4O4. The van der Waals surface area contributed by atoms with Gasteiger partial charge in [0.15, 0.2) is 0 Å². The number of ether oxygens (including phenoxy) is 2. The van der Waals surface area contributed by atoms with Gasteiger partial charge >= 0.3 is 11.9 Å². The molecule has 0 aliphatic heterocycles. The fourth-order valence-corrected chi connectivity index (χ4v) is 3.82. The Balaban J connectivity index is 1.53.